The first-order chi connectivity index (χ1) is 14.3. The molecule has 4 rings (SSSR count). The number of carbonyl (C=O) groups is 2. The van der Waals surface area contributed by atoms with Crippen LogP contribution in [0.25, 0.3) is 0 Å². The second kappa shape index (κ2) is 8.44. The number of piperidine rings is 1. The van der Waals surface area contributed by atoms with Crippen molar-refractivity contribution in [2.75, 3.05) is 29.9 Å². The Morgan fingerprint density at radius 2 is 1.97 bits per heavy atom. The van der Waals surface area contributed by atoms with Crippen LogP contribution in [-0.4, -0.2) is 49.2 Å². The Kier molecular flexibility index (Phi) is 5.90. The summed E-state index contributed by atoms with van der Waals surface area (Å²) in [6.45, 7) is 3.10. The van der Waals surface area contributed by atoms with Gasteiger partial charge in [-0.3, -0.25) is 9.59 Å². The molecule has 10 heteroatoms. The number of hydrogen-bond acceptors (Lipinski definition) is 6. The van der Waals surface area contributed by atoms with Gasteiger partial charge in [0.1, 0.15) is 0 Å². The molecule has 2 aliphatic rings. The number of amides is 2. The number of nitrogens with one attached hydrogen (secondary N) is 1. The Morgan fingerprint density at radius 3 is 2.60 bits per heavy atom. The van der Waals surface area contributed by atoms with E-state index in [1.54, 1.807) is 23.2 Å². The van der Waals surface area contributed by atoms with Gasteiger partial charge in [0, 0.05) is 42.8 Å². The van der Waals surface area contributed by atoms with Crippen molar-refractivity contribution in [2.45, 2.75) is 37.5 Å². The van der Waals surface area contributed by atoms with Gasteiger partial charge in [0.25, 0.3) is 0 Å². The quantitative estimate of drug-likeness (QED) is 0.758. The zero-order valence-corrected chi connectivity index (χ0v) is 18.3. The number of aryl methyl sites for hydroxylation is 1. The average molecular weight is 449 g/mol. The van der Waals surface area contributed by atoms with E-state index in [-0.39, 0.29) is 23.3 Å². The predicted octanol–water partition coefficient (Wildman–Crippen LogP) is 2.62. The minimum Gasteiger partial charge on any atom is -0.312 e. The first kappa shape index (κ1) is 21.0. The molecule has 1 aromatic heterocycles. The van der Waals surface area contributed by atoms with Crippen molar-refractivity contribution in [1.82, 2.24) is 9.29 Å². The fourth-order valence-corrected chi connectivity index (χ4v) is 6.05. The highest BCUT2D eigenvalue weighted by molar-refractivity contribution is 7.89. The van der Waals surface area contributed by atoms with Gasteiger partial charge >= 0.3 is 0 Å². The molecule has 1 unspecified atom stereocenters. The summed E-state index contributed by atoms with van der Waals surface area (Å²) < 4.78 is 27.6. The van der Waals surface area contributed by atoms with E-state index in [4.69, 9.17) is 0 Å². The summed E-state index contributed by atoms with van der Waals surface area (Å²) >= 11 is 1.39. The van der Waals surface area contributed by atoms with Crippen molar-refractivity contribution in [2.24, 2.45) is 5.92 Å². The van der Waals surface area contributed by atoms with Gasteiger partial charge in [-0.05, 0) is 50.5 Å². The number of sulfonamides is 1. The zero-order chi connectivity index (χ0) is 21.3. The second-order valence-corrected chi connectivity index (χ2v) is 10.8. The van der Waals surface area contributed by atoms with E-state index in [2.05, 4.69) is 10.3 Å². The molecule has 8 nitrogen and oxygen atoms in total. The molecule has 3 heterocycles. The largest absolute Gasteiger partial charge is 0.312 e. The van der Waals surface area contributed by atoms with Crippen molar-refractivity contribution in [1.29, 1.82) is 0 Å². The SMILES string of the molecule is Cc1cnc(NC(=O)C2CCCN(S(=O)(=O)c3ccc(N4CCCC4=O)cc3)C2)s1. The van der Waals surface area contributed by atoms with E-state index in [0.717, 1.165) is 11.3 Å². The van der Waals surface area contributed by atoms with Crippen LogP contribution in [0.3, 0.4) is 0 Å². The summed E-state index contributed by atoms with van der Waals surface area (Å²) in [5, 5.41) is 3.33. The summed E-state index contributed by atoms with van der Waals surface area (Å²) in [5.41, 5.74) is 0.714. The molecule has 0 spiro atoms. The molecule has 1 atom stereocenters. The Labute approximate surface area is 180 Å². The molecular weight excluding hydrogens is 424 g/mol. The molecule has 2 saturated heterocycles. The Hall–Kier alpha value is -2.30. The molecule has 0 aliphatic carbocycles. The molecule has 1 N–H and O–H groups in total. The molecule has 1 aromatic carbocycles. The van der Waals surface area contributed by atoms with Crippen LogP contribution in [0.1, 0.15) is 30.6 Å². The molecular formula is C20H24N4O4S2. The van der Waals surface area contributed by atoms with Crippen LogP contribution >= 0.6 is 11.3 Å². The van der Waals surface area contributed by atoms with Crippen LogP contribution < -0.4 is 10.2 Å². The van der Waals surface area contributed by atoms with Crippen molar-refractivity contribution in [3.05, 3.63) is 35.3 Å². The smallest absolute Gasteiger partial charge is 0.243 e. The lowest BCUT2D eigenvalue weighted by molar-refractivity contribution is -0.121. The summed E-state index contributed by atoms with van der Waals surface area (Å²) in [6, 6.07) is 6.43. The van der Waals surface area contributed by atoms with Crippen molar-refractivity contribution in [3.63, 3.8) is 0 Å². The highest BCUT2D eigenvalue weighted by Crippen LogP contribution is 2.28. The van der Waals surface area contributed by atoms with Crippen molar-refractivity contribution >= 4 is 44.0 Å². The number of benzene rings is 1. The summed E-state index contributed by atoms with van der Waals surface area (Å²) in [4.78, 5) is 31.5. The molecule has 2 aliphatic heterocycles. The number of hydrogen-bond donors (Lipinski definition) is 1. The highest BCUT2D eigenvalue weighted by Gasteiger charge is 2.34. The lowest BCUT2D eigenvalue weighted by Gasteiger charge is -2.31. The second-order valence-electron chi connectivity index (χ2n) is 7.61. The number of rotatable bonds is 5. The van der Waals surface area contributed by atoms with Gasteiger partial charge in [0.05, 0.1) is 10.8 Å². The molecule has 2 fully saturated rings. The molecule has 2 amide bonds. The Bertz CT molecular complexity index is 1050. The maximum absolute atomic E-state index is 13.1. The zero-order valence-electron chi connectivity index (χ0n) is 16.7. The molecule has 0 saturated carbocycles. The van der Waals surface area contributed by atoms with Crippen LogP contribution in [0, 0.1) is 12.8 Å². The summed E-state index contributed by atoms with van der Waals surface area (Å²) in [5.74, 6) is -0.558. The van der Waals surface area contributed by atoms with E-state index in [0.29, 0.717) is 43.2 Å². The van der Waals surface area contributed by atoms with Crippen molar-refractivity contribution < 1.29 is 18.0 Å². The van der Waals surface area contributed by atoms with E-state index >= 15 is 0 Å². The lowest BCUT2D eigenvalue weighted by Crippen LogP contribution is -2.43. The minimum absolute atomic E-state index is 0.0610. The molecule has 0 bridgehead atoms. The topological polar surface area (TPSA) is 99.7 Å². The van der Waals surface area contributed by atoms with Gasteiger partial charge in [-0.15, -0.1) is 11.3 Å². The number of nitrogens with zero attached hydrogens (tertiary/aromatic N) is 3. The van der Waals surface area contributed by atoms with Crippen LogP contribution in [0.15, 0.2) is 35.4 Å². The number of aromatic nitrogens is 1. The molecule has 30 heavy (non-hydrogen) atoms. The Balaban J connectivity index is 1.45. The maximum atomic E-state index is 13.1. The standard InChI is InChI=1S/C20H24N4O4S2/c1-14-12-21-20(29-14)22-19(26)15-4-2-10-23(13-15)30(27,28)17-8-6-16(7-9-17)24-11-3-5-18(24)25/h6-9,12,15H,2-5,10-11,13H2,1H3,(H,21,22,26). The number of thiazole rings is 1. The third-order valence-corrected chi connectivity index (χ3v) is 8.17. The molecule has 0 radical (unpaired) electrons. The summed E-state index contributed by atoms with van der Waals surface area (Å²) in [7, 11) is -3.71. The van der Waals surface area contributed by atoms with Crippen LogP contribution in [0.4, 0.5) is 10.8 Å². The lowest BCUT2D eigenvalue weighted by atomic mass is 9.99. The fourth-order valence-electron chi connectivity index (χ4n) is 3.86. The van der Waals surface area contributed by atoms with E-state index in [1.807, 2.05) is 6.92 Å². The highest BCUT2D eigenvalue weighted by atomic mass is 32.2. The van der Waals surface area contributed by atoms with Crippen molar-refractivity contribution in [3.8, 4) is 0 Å². The first-order valence-corrected chi connectivity index (χ1v) is 12.2. The van der Waals surface area contributed by atoms with Crippen LogP contribution in [-0.2, 0) is 19.6 Å². The fraction of sp³-hybridized carbons (Fsp3) is 0.450. The normalized spacial score (nSPS) is 20.5. The monoisotopic (exact) mass is 448 g/mol. The van der Waals surface area contributed by atoms with E-state index in [9.17, 15) is 18.0 Å². The maximum Gasteiger partial charge on any atom is 0.243 e. The van der Waals surface area contributed by atoms with Gasteiger partial charge < -0.3 is 10.2 Å². The average Bonchev–Trinajstić information content (AvgIpc) is 3.36. The van der Waals surface area contributed by atoms with E-state index < -0.39 is 15.9 Å². The third kappa shape index (κ3) is 4.26. The van der Waals surface area contributed by atoms with E-state index in [1.165, 1.54) is 27.8 Å². The van der Waals surface area contributed by atoms with Gasteiger partial charge in [-0.1, -0.05) is 0 Å². The van der Waals surface area contributed by atoms with Gasteiger partial charge in [0.15, 0.2) is 5.13 Å². The minimum atomic E-state index is -3.71. The van der Waals surface area contributed by atoms with Crippen LogP contribution in [0.5, 0.6) is 0 Å². The number of anilines is 2. The van der Waals surface area contributed by atoms with Crippen LogP contribution in [0.2, 0.25) is 0 Å². The van der Waals surface area contributed by atoms with Gasteiger partial charge in [-0.2, -0.15) is 4.31 Å². The molecule has 2 aromatic rings. The Morgan fingerprint density at radius 1 is 1.20 bits per heavy atom. The van der Waals surface area contributed by atoms with Gasteiger partial charge in [0.2, 0.25) is 21.8 Å². The predicted molar refractivity (Wildman–Crippen MR) is 115 cm³/mol. The van der Waals surface area contributed by atoms with Gasteiger partial charge in [-0.25, -0.2) is 13.4 Å². The number of carbonyl (C=O) groups excluding carboxylic acids is 2. The summed E-state index contributed by atoms with van der Waals surface area (Å²) in [6.07, 6.45) is 4.29. The third-order valence-electron chi connectivity index (χ3n) is 5.47. The molecule has 160 valence electrons. The first-order valence-electron chi connectivity index (χ1n) is 9.98.